The molecule has 1 aromatic heterocycles. The van der Waals surface area contributed by atoms with Crippen LogP contribution < -0.4 is 4.74 Å². The summed E-state index contributed by atoms with van der Waals surface area (Å²) >= 11 is 7.65. The van der Waals surface area contributed by atoms with Gasteiger partial charge in [0.05, 0.1) is 25.4 Å². The molecule has 3 aromatic rings. The van der Waals surface area contributed by atoms with Crippen LogP contribution in [0.1, 0.15) is 27.6 Å². The number of hydrogen-bond donors (Lipinski definition) is 0. The Hall–Kier alpha value is -2.58. The quantitative estimate of drug-likeness (QED) is 0.369. The Morgan fingerprint density at radius 2 is 1.89 bits per heavy atom. The summed E-state index contributed by atoms with van der Waals surface area (Å²) in [5.41, 5.74) is 2.76. The molecule has 0 spiro atoms. The molecular weight excluding hydrogens is 482 g/mol. The third-order valence-corrected chi connectivity index (χ3v) is 7.03. The number of methoxy groups -OCH3 is 1. The Balaban J connectivity index is 1.42. The van der Waals surface area contributed by atoms with Crippen LogP contribution in [0.4, 0.5) is 0 Å². The first-order valence-corrected chi connectivity index (χ1v) is 13.2. The summed E-state index contributed by atoms with van der Waals surface area (Å²) in [6.07, 6.45) is 3.52. The number of aromatic nitrogens is 1. The molecule has 4 rings (SSSR count). The summed E-state index contributed by atoms with van der Waals surface area (Å²) in [7, 11) is 1.67. The highest BCUT2D eigenvalue weighted by atomic mass is 35.5. The zero-order valence-electron chi connectivity index (χ0n) is 20.0. The Morgan fingerprint density at radius 1 is 1.09 bits per heavy atom. The van der Waals surface area contributed by atoms with Gasteiger partial charge in [-0.05, 0) is 53.8 Å². The van der Waals surface area contributed by atoms with E-state index in [9.17, 15) is 4.79 Å². The average molecular weight is 512 g/mol. The molecule has 2 heterocycles. The fourth-order valence-electron chi connectivity index (χ4n) is 4.17. The van der Waals surface area contributed by atoms with Gasteiger partial charge in [0.25, 0.3) is 5.91 Å². The standard InChI is InChI=1S/C27H30ClN3O3S/c1-33-23-9-4-7-21(17-23)25(34-19-20-6-3-8-22(28)16-20)18-30-12-14-31(15-13-30)27(32)24-10-5-11-29-26(24)35-2/h3-11,16-17,25H,12-15,18-19H2,1-2H3/t25-/m1/s1. The highest BCUT2D eigenvalue weighted by Crippen LogP contribution is 2.26. The van der Waals surface area contributed by atoms with E-state index in [4.69, 9.17) is 21.1 Å². The van der Waals surface area contributed by atoms with E-state index in [0.717, 1.165) is 41.5 Å². The van der Waals surface area contributed by atoms with Crippen molar-refractivity contribution in [3.63, 3.8) is 0 Å². The monoisotopic (exact) mass is 511 g/mol. The number of amides is 1. The van der Waals surface area contributed by atoms with Gasteiger partial charge in [-0.15, -0.1) is 11.8 Å². The van der Waals surface area contributed by atoms with E-state index in [0.29, 0.717) is 30.3 Å². The topological polar surface area (TPSA) is 54.9 Å². The maximum Gasteiger partial charge on any atom is 0.256 e. The minimum Gasteiger partial charge on any atom is -0.497 e. The number of ether oxygens (including phenoxy) is 2. The van der Waals surface area contributed by atoms with Gasteiger partial charge in [0, 0.05) is 43.9 Å². The van der Waals surface area contributed by atoms with Gasteiger partial charge in [-0.1, -0.05) is 35.9 Å². The normalized spacial score (nSPS) is 15.1. The van der Waals surface area contributed by atoms with Crippen LogP contribution in [0.15, 0.2) is 71.9 Å². The Bertz CT molecular complexity index is 1140. The SMILES string of the molecule is COc1cccc([C@@H](CN2CCN(C(=O)c3cccnc3SC)CC2)OCc2cccc(Cl)c2)c1. The van der Waals surface area contributed by atoms with Crippen LogP contribution in [-0.2, 0) is 11.3 Å². The van der Waals surface area contributed by atoms with E-state index < -0.39 is 0 Å². The molecule has 1 fully saturated rings. The number of hydrogen-bond acceptors (Lipinski definition) is 6. The zero-order valence-corrected chi connectivity index (χ0v) is 21.6. The Labute approximate surface area is 216 Å². The molecule has 1 aliphatic rings. The number of halogens is 1. The van der Waals surface area contributed by atoms with Crippen molar-refractivity contribution in [2.24, 2.45) is 0 Å². The second-order valence-electron chi connectivity index (χ2n) is 8.36. The van der Waals surface area contributed by atoms with Crippen LogP contribution in [0.2, 0.25) is 5.02 Å². The van der Waals surface area contributed by atoms with Crippen LogP contribution in [0, 0.1) is 0 Å². The molecule has 0 aliphatic carbocycles. The second kappa shape index (κ2) is 12.4. The van der Waals surface area contributed by atoms with Crippen LogP contribution in [0.25, 0.3) is 0 Å². The molecule has 184 valence electrons. The third-order valence-electron chi connectivity index (χ3n) is 6.08. The maximum atomic E-state index is 13.1. The molecule has 1 saturated heterocycles. The first-order valence-electron chi connectivity index (χ1n) is 11.6. The molecule has 1 amide bonds. The van der Waals surface area contributed by atoms with Gasteiger partial charge >= 0.3 is 0 Å². The van der Waals surface area contributed by atoms with Crippen molar-refractivity contribution in [1.82, 2.24) is 14.8 Å². The van der Waals surface area contributed by atoms with Crippen molar-refractivity contribution >= 4 is 29.3 Å². The summed E-state index contributed by atoms with van der Waals surface area (Å²) in [6.45, 7) is 4.07. The number of rotatable bonds is 9. The number of carbonyl (C=O) groups is 1. The van der Waals surface area contributed by atoms with E-state index in [1.807, 2.05) is 65.8 Å². The molecule has 0 bridgehead atoms. The van der Waals surface area contributed by atoms with Gasteiger partial charge in [0.1, 0.15) is 10.8 Å². The van der Waals surface area contributed by atoms with Gasteiger partial charge < -0.3 is 14.4 Å². The predicted molar refractivity (Wildman–Crippen MR) is 140 cm³/mol. The molecule has 0 unspecified atom stereocenters. The molecule has 6 nitrogen and oxygen atoms in total. The number of thioether (sulfide) groups is 1. The average Bonchev–Trinajstić information content (AvgIpc) is 2.91. The van der Waals surface area contributed by atoms with Crippen molar-refractivity contribution in [2.75, 3.05) is 46.1 Å². The van der Waals surface area contributed by atoms with Crippen molar-refractivity contribution in [1.29, 1.82) is 0 Å². The number of pyridine rings is 1. The van der Waals surface area contributed by atoms with Gasteiger partial charge in [-0.2, -0.15) is 0 Å². The molecule has 1 atom stereocenters. The largest absolute Gasteiger partial charge is 0.497 e. The molecule has 35 heavy (non-hydrogen) atoms. The molecule has 2 aromatic carbocycles. The van der Waals surface area contributed by atoms with Crippen molar-refractivity contribution in [2.45, 2.75) is 17.7 Å². The molecule has 0 radical (unpaired) electrons. The number of benzene rings is 2. The van der Waals surface area contributed by atoms with Crippen molar-refractivity contribution in [3.05, 3.63) is 88.6 Å². The van der Waals surface area contributed by atoms with Gasteiger partial charge in [-0.3, -0.25) is 9.69 Å². The highest BCUT2D eigenvalue weighted by molar-refractivity contribution is 7.98. The van der Waals surface area contributed by atoms with Crippen LogP contribution in [0.3, 0.4) is 0 Å². The van der Waals surface area contributed by atoms with Gasteiger partial charge in [-0.25, -0.2) is 4.98 Å². The van der Waals surface area contributed by atoms with Crippen LogP contribution in [-0.4, -0.2) is 66.8 Å². The fraction of sp³-hybridized carbons (Fsp3) is 0.333. The Morgan fingerprint density at radius 3 is 2.63 bits per heavy atom. The number of carbonyl (C=O) groups excluding carboxylic acids is 1. The van der Waals surface area contributed by atoms with Crippen LogP contribution >= 0.6 is 23.4 Å². The molecule has 1 aliphatic heterocycles. The van der Waals surface area contributed by atoms with E-state index in [1.165, 1.54) is 11.8 Å². The number of nitrogens with zero attached hydrogens (tertiary/aromatic N) is 3. The highest BCUT2D eigenvalue weighted by Gasteiger charge is 2.26. The van der Waals surface area contributed by atoms with E-state index in [1.54, 1.807) is 13.3 Å². The van der Waals surface area contributed by atoms with E-state index in [-0.39, 0.29) is 12.0 Å². The summed E-state index contributed by atoms with van der Waals surface area (Å²) in [5, 5.41) is 1.47. The minimum atomic E-state index is -0.146. The second-order valence-corrected chi connectivity index (χ2v) is 9.59. The first kappa shape index (κ1) is 25.5. The zero-order chi connectivity index (χ0) is 24.6. The number of piperazine rings is 1. The molecular formula is C27H30ClN3O3S. The lowest BCUT2D eigenvalue weighted by Crippen LogP contribution is -2.49. The molecule has 8 heteroatoms. The summed E-state index contributed by atoms with van der Waals surface area (Å²) < 4.78 is 11.8. The summed E-state index contributed by atoms with van der Waals surface area (Å²) in [6, 6.07) is 19.4. The third kappa shape index (κ3) is 6.76. The van der Waals surface area contributed by atoms with Crippen LogP contribution in [0.5, 0.6) is 5.75 Å². The minimum absolute atomic E-state index is 0.0450. The summed E-state index contributed by atoms with van der Waals surface area (Å²) in [4.78, 5) is 21.7. The lowest BCUT2D eigenvalue weighted by molar-refractivity contribution is 0.00329. The first-order chi connectivity index (χ1) is 17.1. The van der Waals surface area contributed by atoms with E-state index in [2.05, 4.69) is 16.0 Å². The van der Waals surface area contributed by atoms with Crippen molar-refractivity contribution in [3.8, 4) is 5.75 Å². The van der Waals surface area contributed by atoms with Gasteiger partial charge in [0.15, 0.2) is 0 Å². The van der Waals surface area contributed by atoms with Crippen molar-refractivity contribution < 1.29 is 14.3 Å². The fourth-order valence-corrected chi connectivity index (χ4v) is 4.93. The predicted octanol–water partition coefficient (Wildman–Crippen LogP) is 5.18. The molecule has 0 N–H and O–H groups in total. The molecule has 0 saturated carbocycles. The lowest BCUT2D eigenvalue weighted by Gasteiger charge is -2.36. The Kier molecular flexibility index (Phi) is 9.04. The lowest BCUT2D eigenvalue weighted by atomic mass is 10.1. The summed E-state index contributed by atoms with van der Waals surface area (Å²) in [5.74, 6) is 0.846. The van der Waals surface area contributed by atoms with E-state index >= 15 is 0 Å². The van der Waals surface area contributed by atoms with Gasteiger partial charge in [0.2, 0.25) is 0 Å². The maximum absolute atomic E-state index is 13.1. The smallest absolute Gasteiger partial charge is 0.256 e.